The molecule has 0 bridgehead atoms. The van der Waals surface area contributed by atoms with Gasteiger partial charge in [0.15, 0.2) is 11.5 Å². The van der Waals surface area contributed by atoms with Gasteiger partial charge in [0.05, 0.1) is 26.9 Å². The Kier molecular flexibility index (Phi) is 6.03. The Morgan fingerprint density at radius 1 is 1.11 bits per heavy atom. The van der Waals surface area contributed by atoms with Crippen molar-refractivity contribution >= 4 is 17.5 Å². The second kappa shape index (κ2) is 8.65. The fourth-order valence-corrected chi connectivity index (χ4v) is 3.19. The van der Waals surface area contributed by atoms with Crippen molar-refractivity contribution in [2.24, 2.45) is 0 Å². The summed E-state index contributed by atoms with van der Waals surface area (Å²) >= 11 is 0. The average Bonchev–Trinajstić information content (AvgIpc) is 3.08. The van der Waals surface area contributed by atoms with Crippen molar-refractivity contribution in [1.82, 2.24) is 5.32 Å². The molecule has 0 aliphatic carbocycles. The molecule has 1 fully saturated rings. The lowest BCUT2D eigenvalue weighted by Crippen LogP contribution is -2.37. The molecule has 3 rings (SSSR count). The van der Waals surface area contributed by atoms with Crippen molar-refractivity contribution < 1.29 is 23.8 Å². The topological polar surface area (TPSA) is 77.1 Å². The number of methoxy groups -OCH3 is 2. The van der Waals surface area contributed by atoms with Crippen LogP contribution in [0.2, 0.25) is 0 Å². The first-order valence-electron chi connectivity index (χ1n) is 9.11. The molecule has 1 aliphatic heterocycles. The summed E-state index contributed by atoms with van der Waals surface area (Å²) in [5.74, 6) is 1.51. The number of ether oxygens (including phenoxy) is 3. The molecule has 0 spiro atoms. The standard InChI is InChI=1S/C21H24N2O5/c1-4-28-17-8-6-16(7-9-17)23-13-15(12-20(23)24)22-21(25)14-5-10-18(26-2)19(11-14)27-3/h5-11,15H,4,12-13H2,1-3H3,(H,22,25)/t15-/m0/s1. The lowest BCUT2D eigenvalue weighted by Gasteiger charge is -2.18. The molecule has 1 saturated heterocycles. The van der Waals surface area contributed by atoms with Gasteiger partial charge in [-0.05, 0) is 49.4 Å². The smallest absolute Gasteiger partial charge is 0.251 e. The van der Waals surface area contributed by atoms with Gasteiger partial charge in [-0.25, -0.2) is 0 Å². The first-order valence-corrected chi connectivity index (χ1v) is 9.11. The van der Waals surface area contributed by atoms with Gasteiger partial charge in [-0.15, -0.1) is 0 Å². The Labute approximate surface area is 164 Å². The van der Waals surface area contributed by atoms with Gasteiger partial charge >= 0.3 is 0 Å². The summed E-state index contributed by atoms with van der Waals surface area (Å²) in [6.07, 6.45) is 0.256. The monoisotopic (exact) mass is 384 g/mol. The van der Waals surface area contributed by atoms with Crippen LogP contribution in [0.4, 0.5) is 5.69 Å². The van der Waals surface area contributed by atoms with Gasteiger partial charge < -0.3 is 24.4 Å². The molecular formula is C21H24N2O5. The summed E-state index contributed by atoms with van der Waals surface area (Å²) in [6, 6.07) is 12.1. The number of hydrogen-bond acceptors (Lipinski definition) is 5. The summed E-state index contributed by atoms with van der Waals surface area (Å²) in [4.78, 5) is 26.7. The number of carbonyl (C=O) groups excluding carboxylic acids is 2. The number of rotatable bonds is 7. The van der Waals surface area contributed by atoms with Crippen LogP contribution in [0.25, 0.3) is 0 Å². The summed E-state index contributed by atoms with van der Waals surface area (Å²) in [5.41, 5.74) is 1.24. The van der Waals surface area contributed by atoms with Crippen molar-refractivity contribution in [3.63, 3.8) is 0 Å². The molecule has 28 heavy (non-hydrogen) atoms. The zero-order valence-electron chi connectivity index (χ0n) is 16.2. The highest BCUT2D eigenvalue weighted by molar-refractivity contribution is 5.99. The number of nitrogens with one attached hydrogen (secondary N) is 1. The number of nitrogens with zero attached hydrogens (tertiary/aromatic N) is 1. The maximum absolute atomic E-state index is 12.6. The van der Waals surface area contributed by atoms with Crippen LogP contribution in [0.1, 0.15) is 23.7 Å². The molecule has 0 saturated carbocycles. The third-order valence-electron chi connectivity index (χ3n) is 4.57. The second-order valence-corrected chi connectivity index (χ2v) is 6.38. The minimum atomic E-state index is -0.264. The Bertz CT molecular complexity index is 850. The van der Waals surface area contributed by atoms with E-state index in [1.165, 1.54) is 14.2 Å². The van der Waals surface area contributed by atoms with Crippen molar-refractivity contribution in [2.75, 3.05) is 32.3 Å². The van der Waals surface area contributed by atoms with Crippen LogP contribution in [-0.2, 0) is 4.79 Å². The van der Waals surface area contributed by atoms with E-state index in [2.05, 4.69) is 5.32 Å². The highest BCUT2D eigenvalue weighted by atomic mass is 16.5. The predicted octanol–water partition coefficient (Wildman–Crippen LogP) is 2.64. The van der Waals surface area contributed by atoms with Crippen LogP contribution in [0.5, 0.6) is 17.2 Å². The van der Waals surface area contributed by atoms with E-state index in [0.717, 1.165) is 11.4 Å². The molecule has 7 heteroatoms. The van der Waals surface area contributed by atoms with Crippen molar-refractivity contribution in [2.45, 2.75) is 19.4 Å². The van der Waals surface area contributed by atoms with E-state index in [0.29, 0.717) is 30.2 Å². The van der Waals surface area contributed by atoms with Crippen LogP contribution >= 0.6 is 0 Å². The van der Waals surface area contributed by atoms with Crippen LogP contribution in [0, 0.1) is 0 Å². The SMILES string of the molecule is CCOc1ccc(N2C[C@@H](NC(=O)c3ccc(OC)c(OC)c3)CC2=O)cc1. The lowest BCUT2D eigenvalue weighted by atomic mass is 10.1. The number of hydrogen-bond donors (Lipinski definition) is 1. The first-order chi connectivity index (χ1) is 13.5. The van der Waals surface area contributed by atoms with E-state index in [9.17, 15) is 9.59 Å². The van der Waals surface area contributed by atoms with Gasteiger partial charge in [-0.1, -0.05) is 0 Å². The van der Waals surface area contributed by atoms with Crippen LogP contribution in [0.15, 0.2) is 42.5 Å². The molecule has 0 aromatic heterocycles. The average molecular weight is 384 g/mol. The Balaban J connectivity index is 1.66. The van der Waals surface area contributed by atoms with E-state index >= 15 is 0 Å². The summed E-state index contributed by atoms with van der Waals surface area (Å²) in [7, 11) is 3.06. The number of anilines is 1. The van der Waals surface area contributed by atoms with E-state index in [4.69, 9.17) is 14.2 Å². The molecule has 2 aromatic carbocycles. The molecule has 2 amide bonds. The Hall–Kier alpha value is -3.22. The molecule has 7 nitrogen and oxygen atoms in total. The third kappa shape index (κ3) is 4.19. The number of amides is 2. The quantitative estimate of drug-likeness (QED) is 0.794. The lowest BCUT2D eigenvalue weighted by molar-refractivity contribution is -0.117. The van der Waals surface area contributed by atoms with Crippen LogP contribution in [-0.4, -0.2) is 45.2 Å². The van der Waals surface area contributed by atoms with E-state index < -0.39 is 0 Å². The summed E-state index contributed by atoms with van der Waals surface area (Å²) in [6.45, 7) is 2.93. The van der Waals surface area contributed by atoms with Crippen LogP contribution < -0.4 is 24.4 Å². The second-order valence-electron chi connectivity index (χ2n) is 6.38. The predicted molar refractivity (Wildman–Crippen MR) is 105 cm³/mol. The molecular weight excluding hydrogens is 360 g/mol. The molecule has 1 heterocycles. The summed E-state index contributed by atoms with van der Waals surface area (Å²) < 4.78 is 15.9. The van der Waals surface area contributed by atoms with Gasteiger partial charge in [0.1, 0.15) is 5.75 Å². The zero-order chi connectivity index (χ0) is 20.1. The molecule has 1 aliphatic rings. The van der Waals surface area contributed by atoms with Gasteiger partial charge in [0.2, 0.25) is 5.91 Å². The molecule has 2 aromatic rings. The minimum Gasteiger partial charge on any atom is -0.494 e. The van der Waals surface area contributed by atoms with Gasteiger partial charge in [0.25, 0.3) is 5.91 Å². The molecule has 148 valence electrons. The van der Waals surface area contributed by atoms with Crippen molar-refractivity contribution in [1.29, 1.82) is 0 Å². The van der Waals surface area contributed by atoms with E-state index in [-0.39, 0.29) is 24.3 Å². The minimum absolute atomic E-state index is 0.0261. The Morgan fingerprint density at radius 2 is 1.82 bits per heavy atom. The molecule has 1 atom stereocenters. The van der Waals surface area contributed by atoms with Gasteiger partial charge in [-0.2, -0.15) is 0 Å². The highest BCUT2D eigenvalue weighted by Gasteiger charge is 2.31. The fraction of sp³-hybridized carbons (Fsp3) is 0.333. The van der Waals surface area contributed by atoms with Gasteiger partial charge in [-0.3, -0.25) is 9.59 Å². The molecule has 0 radical (unpaired) electrons. The van der Waals surface area contributed by atoms with Crippen molar-refractivity contribution in [3.8, 4) is 17.2 Å². The zero-order valence-corrected chi connectivity index (χ0v) is 16.2. The fourth-order valence-electron chi connectivity index (χ4n) is 3.19. The third-order valence-corrected chi connectivity index (χ3v) is 4.57. The molecule has 0 unspecified atom stereocenters. The highest BCUT2D eigenvalue weighted by Crippen LogP contribution is 2.28. The Morgan fingerprint density at radius 3 is 2.46 bits per heavy atom. The van der Waals surface area contributed by atoms with E-state index in [1.807, 2.05) is 31.2 Å². The van der Waals surface area contributed by atoms with E-state index in [1.54, 1.807) is 23.1 Å². The molecule has 1 N–H and O–H groups in total. The van der Waals surface area contributed by atoms with Crippen molar-refractivity contribution in [3.05, 3.63) is 48.0 Å². The summed E-state index contributed by atoms with van der Waals surface area (Å²) in [5, 5.41) is 2.92. The normalized spacial score (nSPS) is 16.0. The van der Waals surface area contributed by atoms with Gasteiger partial charge in [0, 0.05) is 24.2 Å². The van der Waals surface area contributed by atoms with Crippen LogP contribution in [0.3, 0.4) is 0 Å². The maximum atomic E-state index is 12.6. The number of benzene rings is 2. The maximum Gasteiger partial charge on any atom is 0.251 e. The number of carbonyl (C=O) groups is 2. The first kappa shape index (κ1) is 19.5. The largest absolute Gasteiger partial charge is 0.494 e.